The fraction of sp³-hybridized carbons (Fsp3) is 1.00. The first-order valence-corrected chi connectivity index (χ1v) is 5.68. The molecule has 74 valence electrons. The highest BCUT2D eigenvalue weighted by atomic mass is 15.4. The lowest BCUT2D eigenvalue weighted by molar-refractivity contribution is -0.0639. The van der Waals surface area contributed by atoms with Gasteiger partial charge in [-0.25, -0.2) is 0 Å². The molecule has 0 saturated heterocycles. The Morgan fingerprint density at radius 2 is 2.15 bits per heavy atom. The van der Waals surface area contributed by atoms with Crippen LogP contribution in [0.15, 0.2) is 0 Å². The molecule has 0 aromatic rings. The van der Waals surface area contributed by atoms with E-state index in [9.17, 15) is 0 Å². The summed E-state index contributed by atoms with van der Waals surface area (Å²) in [7, 11) is 1.98. The van der Waals surface area contributed by atoms with Crippen LogP contribution in [0.4, 0.5) is 0 Å². The predicted octanol–water partition coefficient (Wildman–Crippen LogP) is 1.54. The van der Waals surface area contributed by atoms with Gasteiger partial charge < -0.3 is 0 Å². The fourth-order valence-corrected chi connectivity index (χ4v) is 4.62. The summed E-state index contributed by atoms with van der Waals surface area (Å²) >= 11 is 0. The van der Waals surface area contributed by atoms with Gasteiger partial charge in [0.05, 0.1) is 0 Å². The highest BCUT2D eigenvalue weighted by Gasteiger charge is 2.65. The average Bonchev–Trinajstić information content (AvgIpc) is 2.58. The van der Waals surface area contributed by atoms with Crippen molar-refractivity contribution in [1.82, 2.24) is 10.9 Å². The van der Waals surface area contributed by atoms with Crippen molar-refractivity contribution < 1.29 is 0 Å². The van der Waals surface area contributed by atoms with Gasteiger partial charge in [0.1, 0.15) is 0 Å². The second-order valence-electron chi connectivity index (χ2n) is 5.46. The monoisotopic (exact) mass is 180 g/mol. The van der Waals surface area contributed by atoms with Crippen LogP contribution < -0.4 is 10.9 Å². The summed E-state index contributed by atoms with van der Waals surface area (Å²) in [6.07, 6.45) is 6.10. The van der Waals surface area contributed by atoms with Gasteiger partial charge >= 0.3 is 0 Å². The van der Waals surface area contributed by atoms with Gasteiger partial charge in [0.15, 0.2) is 0 Å². The third kappa shape index (κ3) is 0.861. The normalized spacial score (nSPS) is 53.5. The molecule has 0 heterocycles. The minimum atomic E-state index is 0.670. The molecule has 2 heteroatoms. The maximum atomic E-state index is 3.40. The number of rotatable bonds is 3. The SMILES string of the molecule is CNNC(C)C12CC3CC(C1)C2C3. The van der Waals surface area contributed by atoms with E-state index in [2.05, 4.69) is 17.8 Å². The molecule has 0 aromatic carbocycles. The van der Waals surface area contributed by atoms with E-state index in [0.29, 0.717) is 11.5 Å². The molecular weight excluding hydrogens is 160 g/mol. The van der Waals surface area contributed by atoms with E-state index in [-0.39, 0.29) is 0 Å². The Bertz CT molecular complexity index is 228. The molecule has 0 radical (unpaired) electrons. The van der Waals surface area contributed by atoms with Crippen LogP contribution in [0.1, 0.15) is 32.6 Å². The highest BCUT2D eigenvalue weighted by molar-refractivity contribution is 5.16. The number of hydrazine groups is 1. The van der Waals surface area contributed by atoms with Crippen molar-refractivity contribution in [3.8, 4) is 0 Å². The Kier molecular flexibility index (Phi) is 1.58. The van der Waals surface area contributed by atoms with Crippen molar-refractivity contribution >= 4 is 0 Å². The fourth-order valence-electron chi connectivity index (χ4n) is 4.62. The Hall–Kier alpha value is -0.0800. The molecule has 2 N–H and O–H groups in total. The molecule has 2 bridgehead atoms. The average molecular weight is 180 g/mol. The van der Waals surface area contributed by atoms with E-state index in [4.69, 9.17) is 0 Å². The zero-order chi connectivity index (χ0) is 9.05. The summed E-state index contributed by atoms with van der Waals surface area (Å²) in [5, 5.41) is 0. The Morgan fingerprint density at radius 3 is 2.69 bits per heavy atom. The topological polar surface area (TPSA) is 24.1 Å². The molecule has 3 aliphatic carbocycles. The summed E-state index contributed by atoms with van der Waals surface area (Å²) in [5.41, 5.74) is 7.20. The van der Waals surface area contributed by atoms with Crippen molar-refractivity contribution in [1.29, 1.82) is 0 Å². The van der Waals surface area contributed by atoms with Crippen LogP contribution in [-0.2, 0) is 0 Å². The van der Waals surface area contributed by atoms with Gasteiger partial charge in [0, 0.05) is 6.04 Å². The Labute approximate surface area is 80.4 Å². The van der Waals surface area contributed by atoms with Gasteiger partial charge in [-0.05, 0) is 62.8 Å². The van der Waals surface area contributed by atoms with Gasteiger partial charge in [0.2, 0.25) is 0 Å². The van der Waals surface area contributed by atoms with Crippen LogP contribution in [0.5, 0.6) is 0 Å². The first-order chi connectivity index (χ1) is 6.26. The zero-order valence-electron chi connectivity index (χ0n) is 8.64. The lowest BCUT2D eigenvalue weighted by atomic mass is 9.50. The van der Waals surface area contributed by atoms with Gasteiger partial charge in [-0.3, -0.25) is 10.9 Å². The van der Waals surface area contributed by atoms with Crippen molar-refractivity contribution in [3.05, 3.63) is 0 Å². The number of hydrogen-bond acceptors (Lipinski definition) is 2. The lowest BCUT2D eigenvalue weighted by Crippen LogP contribution is -2.58. The first kappa shape index (κ1) is 8.25. The molecule has 3 rings (SSSR count). The van der Waals surface area contributed by atoms with E-state index in [1.165, 1.54) is 12.8 Å². The van der Waals surface area contributed by atoms with Gasteiger partial charge in [0.25, 0.3) is 0 Å². The summed E-state index contributed by atoms with van der Waals surface area (Å²) < 4.78 is 0. The second kappa shape index (κ2) is 2.48. The second-order valence-corrected chi connectivity index (χ2v) is 5.46. The minimum Gasteiger partial charge on any atom is -0.261 e. The lowest BCUT2D eigenvalue weighted by Gasteiger charge is -2.57. The van der Waals surface area contributed by atoms with Gasteiger partial charge in [-0.2, -0.15) is 0 Å². The molecule has 2 nitrogen and oxygen atoms in total. The molecule has 3 saturated carbocycles. The van der Waals surface area contributed by atoms with Crippen LogP contribution in [0.3, 0.4) is 0 Å². The van der Waals surface area contributed by atoms with E-state index in [1.54, 1.807) is 12.8 Å². The van der Waals surface area contributed by atoms with E-state index in [0.717, 1.165) is 17.8 Å². The molecular formula is C11H20N2. The summed E-state index contributed by atoms with van der Waals surface area (Å²) in [4.78, 5) is 0. The van der Waals surface area contributed by atoms with Gasteiger partial charge in [-0.15, -0.1) is 0 Å². The Morgan fingerprint density at radius 1 is 1.31 bits per heavy atom. The quantitative estimate of drug-likeness (QED) is 0.644. The molecule has 0 aliphatic heterocycles. The molecule has 5 atom stereocenters. The number of nitrogens with one attached hydrogen (secondary N) is 2. The van der Waals surface area contributed by atoms with Crippen LogP contribution in [0.2, 0.25) is 0 Å². The van der Waals surface area contributed by atoms with Crippen molar-refractivity contribution in [3.63, 3.8) is 0 Å². The molecule has 13 heavy (non-hydrogen) atoms. The van der Waals surface area contributed by atoms with E-state index >= 15 is 0 Å². The van der Waals surface area contributed by atoms with E-state index in [1.807, 2.05) is 7.05 Å². The zero-order valence-corrected chi connectivity index (χ0v) is 8.64. The van der Waals surface area contributed by atoms with Crippen LogP contribution in [0, 0.1) is 23.2 Å². The van der Waals surface area contributed by atoms with Gasteiger partial charge in [-0.1, -0.05) is 0 Å². The maximum Gasteiger partial charge on any atom is 0.0243 e. The van der Waals surface area contributed by atoms with Crippen LogP contribution >= 0.6 is 0 Å². The Balaban J connectivity index is 1.77. The number of hydrogen-bond donors (Lipinski definition) is 2. The van der Waals surface area contributed by atoms with Crippen molar-refractivity contribution in [2.75, 3.05) is 7.05 Å². The summed E-state index contributed by atoms with van der Waals surface area (Å²) in [6, 6.07) is 0.670. The summed E-state index contributed by atoms with van der Waals surface area (Å²) in [6.45, 7) is 2.35. The molecule has 0 aromatic heterocycles. The molecule has 3 aliphatic rings. The van der Waals surface area contributed by atoms with E-state index < -0.39 is 0 Å². The van der Waals surface area contributed by atoms with Crippen LogP contribution in [-0.4, -0.2) is 13.1 Å². The largest absolute Gasteiger partial charge is 0.261 e. The van der Waals surface area contributed by atoms with Crippen LogP contribution in [0.25, 0.3) is 0 Å². The highest BCUT2D eigenvalue weighted by Crippen LogP contribution is 2.71. The standard InChI is InChI=1S/C11H20N2/c1-7(13-12-2)11-5-8-3-9(6-11)10(11)4-8/h7-10,12-13H,3-6H2,1-2H3. The van der Waals surface area contributed by atoms with Crippen molar-refractivity contribution in [2.24, 2.45) is 23.2 Å². The smallest absolute Gasteiger partial charge is 0.0243 e. The maximum absolute atomic E-state index is 3.40. The third-order valence-electron chi connectivity index (χ3n) is 5.06. The van der Waals surface area contributed by atoms with Crippen molar-refractivity contribution in [2.45, 2.75) is 38.6 Å². The summed E-state index contributed by atoms with van der Waals surface area (Å²) in [5.74, 6) is 3.28. The predicted molar refractivity (Wildman–Crippen MR) is 53.0 cm³/mol. The molecule has 0 spiro atoms. The minimum absolute atomic E-state index is 0.670. The molecule has 3 fully saturated rings. The first-order valence-electron chi connectivity index (χ1n) is 5.68. The number of fused-ring (bicyclic) bond motifs is 1. The molecule has 5 unspecified atom stereocenters. The molecule has 0 amide bonds. The third-order valence-corrected chi connectivity index (χ3v) is 5.06.